The van der Waals surface area contributed by atoms with Gasteiger partial charge in [0.2, 0.25) is 0 Å². The first-order chi connectivity index (χ1) is 8.65. The maximum atomic E-state index is 12.8. The van der Waals surface area contributed by atoms with Crippen LogP contribution >= 0.6 is 11.6 Å². The Kier molecular flexibility index (Phi) is 4.34. The molecule has 0 saturated carbocycles. The first-order valence-corrected chi connectivity index (χ1v) is 6.28. The molecule has 18 heavy (non-hydrogen) atoms. The zero-order chi connectivity index (χ0) is 13.0. The van der Waals surface area contributed by atoms with Crippen LogP contribution < -0.4 is 5.73 Å². The number of rotatable bonds is 4. The van der Waals surface area contributed by atoms with E-state index in [1.807, 2.05) is 24.3 Å². The molecular weight excluding hydrogens is 249 g/mol. The lowest BCUT2D eigenvalue weighted by Gasteiger charge is -2.12. The third-order valence-corrected chi connectivity index (χ3v) is 3.21. The largest absolute Gasteiger partial charge is 0.324 e. The summed E-state index contributed by atoms with van der Waals surface area (Å²) in [6.45, 7) is 0. The van der Waals surface area contributed by atoms with E-state index in [0.717, 1.165) is 24.0 Å². The zero-order valence-electron chi connectivity index (χ0n) is 9.94. The third-order valence-electron chi connectivity index (χ3n) is 2.96. The van der Waals surface area contributed by atoms with Crippen LogP contribution in [0.25, 0.3) is 0 Å². The van der Waals surface area contributed by atoms with Crippen LogP contribution in [0.2, 0.25) is 5.02 Å². The molecule has 1 unspecified atom stereocenters. The molecule has 0 heterocycles. The molecule has 0 saturated heterocycles. The number of halogens is 2. The molecule has 94 valence electrons. The van der Waals surface area contributed by atoms with Crippen LogP contribution in [0.5, 0.6) is 0 Å². The molecule has 0 radical (unpaired) electrons. The molecule has 1 atom stereocenters. The van der Waals surface area contributed by atoms with E-state index < -0.39 is 0 Å². The van der Waals surface area contributed by atoms with Crippen molar-refractivity contribution in [3.8, 4) is 0 Å². The standard InChI is InChI=1S/C15H15ClFN/c16-13-6-4-12(5-7-13)15(18)10-3-11-1-8-14(17)9-2-11/h1-2,4-9,15H,3,10,18H2. The summed E-state index contributed by atoms with van der Waals surface area (Å²) >= 11 is 5.83. The van der Waals surface area contributed by atoms with Crippen LogP contribution in [0.15, 0.2) is 48.5 Å². The van der Waals surface area contributed by atoms with E-state index in [0.29, 0.717) is 5.02 Å². The summed E-state index contributed by atoms with van der Waals surface area (Å²) < 4.78 is 12.8. The van der Waals surface area contributed by atoms with Crippen molar-refractivity contribution in [1.29, 1.82) is 0 Å². The Balaban J connectivity index is 1.93. The van der Waals surface area contributed by atoms with Gasteiger partial charge in [-0.3, -0.25) is 0 Å². The van der Waals surface area contributed by atoms with Crippen molar-refractivity contribution in [2.24, 2.45) is 5.73 Å². The maximum absolute atomic E-state index is 12.8. The average molecular weight is 264 g/mol. The first kappa shape index (κ1) is 13.1. The smallest absolute Gasteiger partial charge is 0.123 e. The minimum Gasteiger partial charge on any atom is -0.324 e. The normalized spacial score (nSPS) is 12.4. The van der Waals surface area contributed by atoms with Gasteiger partial charge in [0.25, 0.3) is 0 Å². The molecule has 0 spiro atoms. The molecule has 0 aromatic heterocycles. The van der Waals surface area contributed by atoms with E-state index in [2.05, 4.69) is 0 Å². The third kappa shape index (κ3) is 3.56. The van der Waals surface area contributed by atoms with Gasteiger partial charge in [-0.15, -0.1) is 0 Å². The van der Waals surface area contributed by atoms with Crippen LogP contribution in [-0.2, 0) is 6.42 Å². The molecule has 0 amide bonds. The molecule has 0 aliphatic rings. The molecule has 2 aromatic rings. The van der Waals surface area contributed by atoms with E-state index in [1.54, 1.807) is 12.1 Å². The number of nitrogens with two attached hydrogens (primary N) is 1. The van der Waals surface area contributed by atoms with Crippen LogP contribution in [0.3, 0.4) is 0 Å². The highest BCUT2D eigenvalue weighted by molar-refractivity contribution is 6.30. The number of hydrogen-bond acceptors (Lipinski definition) is 1. The molecule has 2 rings (SSSR count). The van der Waals surface area contributed by atoms with Crippen molar-refractivity contribution in [3.05, 3.63) is 70.5 Å². The van der Waals surface area contributed by atoms with Crippen LogP contribution in [0.4, 0.5) is 4.39 Å². The van der Waals surface area contributed by atoms with Crippen LogP contribution in [0, 0.1) is 5.82 Å². The second-order valence-corrected chi connectivity index (χ2v) is 4.76. The lowest BCUT2D eigenvalue weighted by molar-refractivity contribution is 0.623. The molecule has 3 heteroatoms. The summed E-state index contributed by atoms with van der Waals surface area (Å²) in [6, 6.07) is 14.1. The van der Waals surface area contributed by atoms with Gasteiger partial charge in [0.15, 0.2) is 0 Å². The lowest BCUT2D eigenvalue weighted by Crippen LogP contribution is -2.11. The summed E-state index contributed by atoms with van der Waals surface area (Å²) in [6.07, 6.45) is 1.66. The van der Waals surface area contributed by atoms with Crippen LogP contribution in [0.1, 0.15) is 23.6 Å². The fraction of sp³-hybridized carbons (Fsp3) is 0.200. The SMILES string of the molecule is NC(CCc1ccc(F)cc1)c1ccc(Cl)cc1. The quantitative estimate of drug-likeness (QED) is 0.883. The highest BCUT2D eigenvalue weighted by Gasteiger charge is 2.06. The van der Waals surface area contributed by atoms with Gasteiger partial charge in [0, 0.05) is 11.1 Å². The molecule has 0 aliphatic carbocycles. The van der Waals surface area contributed by atoms with E-state index in [1.165, 1.54) is 12.1 Å². The Labute approximate surface area is 111 Å². The highest BCUT2D eigenvalue weighted by atomic mass is 35.5. The van der Waals surface area contributed by atoms with Crippen molar-refractivity contribution in [2.75, 3.05) is 0 Å². The first-order valence-electron chi connectivity index (χ1n) is 5.90. The molecule has 0 fully saturated rings. The number of hydrogen-bond donors (Lipinski definition) is 1. The molecule has 2 N–H and O–H groups in total. The summed E-state index contributed by atoms with van der Waals surface area (Å²) in [5.41, 5.74) is 8.27. The van der Waals surface area contributed by atoms with Crippen LogP contribution in [-0.4, -0.2) is 0 Å². The van der Waals surface area contributed by atoms with Gasteiger partial charge in [0.05, 0.1) is 0 Å². The topological polar surface area (TPSA) is 26.0 Å². The molecular formula is C15H15ClFN. The van der Waals surface area contributed by atoms with Gasteiger partial charge in [-0.05, 0) is 48.2 Å². The van der Waals surface area contributed by atoms with Crippen molar-refractivity contribution in [1.82, 2.24) is 0 Å². The predicted octanol–water partition coefficient (Wildman–Crippen LogP) is 4.11. The molecule has 2 aromatic carbocycles. The highest BCUT2D eigenvalue weighted by Crippen LogP contribution is 2.19. The van der Waals surface area contributed by atoms with Gasteiger partial charge >= 0.3 is 0 Å². The minimum absolute atomic E-state index is 0.0210. The second kappa shape index (κ2) is 5.98. The Morgan fingerprint density at radius 1 is 1.00 bits per heavy atom. The summed E-state index contributed by atoms with van der Waals surface area (Å²) in [5, 5.41) is 0.712. The van der Waals surface area contributed by atoms with Crippen molar-refractivity contribution in [3.63, 3.8) is 0 Å². The Hall–Kier alpha value is -1.38. The van der Waals surface area contributed by atoms with Gasteiger partial charge in [-0.1, -0.05) is 35.9 Å². The van der Waals surface area contributed by atoms with E-state index >= 15 is 0 Å². The van der Waals surface area contributed by atoms with Gasteiger partial charge in [0.1, 0.15) is 5.82 Å². The van der Waals surface area contributed by atoms with Crippen molar-refractivity contribution >= 4 is 11.6 Å². The van der Waals surface area contributed by atoms with E-state index in [-0.39, 0.29) is 11.9 Å². The van der Waals surface area contributed by atoms with Crippen molar-refractivity contribution in [2.45, 2.75) is 18.9 Å². The summed E-state index contributed by atoms with van der Waals surface area (Å²) in [5.74, 6) is -0.208. The van der Waals surface area contributed by atoms with E-state index in [4.69, 9.17) is 17.3 Å². The minimum atomic E-state index is -0.208. The molecule has 0 bridgehead atoms. The Bertz CT molecular complexity index is 493. The zero-order valence-corrected chi connectivity index (χ0v) is 10.7. The number of aryl methyl sites for hydroxylation is 1. The van der Waals surface area contributed by atoms with Gasteiger partial charge in [-0.25, -0.2) is 4.39 Å². The second-order valence-electron chi connectivity index (χ2n) is 4.32. The fourth-order valence-electron chi connectivity index (χ4n) is 1.85. The molecule has 1 nitrogen and oxygen atoms in total. The lowest BCUT2D eigenvalue weighted by atomic mass is 10.00. The van der Waals surface area contributed by atoms with Gasteiger partial charge < -0.3 is 5.73 Å². The maximum Gasteiger partial charge on any atom is 0.123 e. The fourth-order valence-corrected chi connectivity index (χ4v) is 1.98. The average Bonchev–Trinajstić information content (AvgIpc) is 2.38. The Morgan fingerprint density at radius 3 is 2.22 bits per heavy atom. The van der Waals surface area contributed by atoms with E-state index in [9.17, 15) is 4.39 Å². The summed E-state index contributed by atoms with van der Waals surface area (Å²) in [4.78, 5) is 0. The Morgan fingerprint density at radius 2 is 1.61 bits per heavy atom. The number of benzene rings is 2. The monoisotopic (exact) mass is 263 g/mol. The summed E-state index contributed by atoms with van der Waals surface area (Å²) in [7, 11) is 0. The van der Waals surface area contributed by atoms with Crippen molar-refractivity contribution < 1.29 is 4.39 Å². The predicted molar refractivity (Wildman–Crippen MR) is 73.1 cm³/mol. The molecule has 0 aliphatic heterocycles. The van der Waals surface area contributed by atoms with Gasteiger partial charge in [-0.2, -0.15) is 0 Å².